The molecular weight excluding hydrogens is 352 g/mol. The van der Waals surface area contributed by atoms with E-state index in [2.05, 4.69) is 16.0 Å². The number of sulfonamides is 1. The van der Waals surface area contributed by atoms with E-state index in [1.165, 1.54) is 4.31 Å². The maximum absolute atomic E-state index is 12.8. The van der Waals surface area contributed by atoms with E-state index in [0.717, 1.165) is 25.1 Å². The minimum Gasteiger partial charge on any atom is -0.384 e. The number of amides is 1. The summed E-state index contributed by atoms with van der Waals surface area (Å²) in [4.78, 5) is 12.6. The predicted molar refractivity (Wildman–Crippen MR) is 105 cm³/mol. The Morgan fingerprint density at radius 2 is 1.96 bits per heavy atom. The highest BCUT2D eigenvalue weighted by molar-refractivity contribution is 7.89. The molecule has 3 N–H and O–H groups in total. The van der Waals surface area contributed by atoms with Gasteiger partial charge in [-0.25, -0.2) is 8.42 Å². The number of hydrogen-bond donors (Lipinski definition) is 3. The summed E-state index contributed by atoms with van der Waals surface area (Å²) in [6.45, 7) is 8.00. The van der Waals surface area contributed by atoms with Gasteiger partial charge in [-0.1, -0.05) is 13.8 Å². The van der Waals surface area contributed by atoms with E-state index in [4.69, 9.17) is 0 Å². The molecule has 1 aliphatic heterocycles. The summed E-state index contributed by atoms with van der Waals surface area (Å²) in [5, 5.41) is 9.36. The van der Waals surface area contributed by atoms with E-state index >= 15 is 0 Å². The molecule has 1 saturated heterocycles. The molecule has 1 fully saturated rings. The van der Waals surface area contributed by atoms with Crippen molar-refractivity contribution in [3.05, 3.63) is 18.2 Å². The largest absolute Gasteiger partial charge is 0.384 e. The van der Waals surface area contributed by atoms with Crippen molar-refractivity contribution >= 4 is 27.3 Å². The van der Waals surface area contributed by atoms with Gasteiger partial charge in [0.05, 0.1) is 16.3 Å². The van der Waals surface area contributed by atoms with Crippen molar-refractivity contribution < 1.29 is 13.2 Å². The normalized spacial score (nSPS) is 17.5. The van der Waals surface area contributed by atoms with Crippen LogP contribution in [-0.4, -0.2) is 50.9 Å². The Morgan fingerprint density at radius 3 is 2.54 bits per heavy atom. The van der Waals surface area contributed by atoms with Crippen molar-refractivity contribution in [2.24, 2.45) is 0 Å². The topological polar surface area (TPSA) is 90.5 Å². The van der Waals surface area contributed by atoms with Gasteiger partial charge >= 0.3 is 0 Å². The van der Waals surface area contributed by atoms with E-state index in [1.807, 2.05) is 20.8 Å². The average Bonchev–Trinajstić information content (AvgIpc) is 3.10. The molecule has 0 saturated carbocycles. The molecule has 1 aromatic carbocycles. The second-order valence-electron chi connectivity index (χ2n) is 6.37. The SMILES string of the molecule is CCNc1ccc(S(=O)(=O)N(CC)CC)cc1NC(=O)CC1CCCN1. The summed E-state index contributed by atoms with van der Waals surface area (Å²) in [6, 6.07) is 5.04. The first kappa shape index (κ1) is 20.7. The second-order valence-corrected chi connectivity index (χ2v) is 8.31. The number of nitrogens with zero attached hydrogens (tertiary/aromatic N) is 1. The lowest BCUT2D eigenvalue weighted by Gasteiger charge is -2.20. The standard InChI is InChI=1S/C18H30N4O3S/c1-4-19-16-10-9-15(26(24,25)22(5-2)6-3)13-17(16)21-18(23)12-14-8-7-11-20-14/h9-10,13-14,19-20H,4-8,11-12H2,1-3H3,(H,21,23). The molecule has 2 rings (SSSR count). The van der Waals surface area contributed by atoms with Crippen LogP contribution in [0.4, 0.5) is 11.4 Å². The summed E-state index contributed by atoms with van der Waals surface area (Å²) >= 11 is 0. The molecule has 0 bridgehead atoms. The molecule has 0 spiro atoms. The van der Waals surface area contributed by atoms with E-state index in [1.54, 1.807) is 18.2 Å². The number of rotatable bonds is 9. The van der Waals surface area contributed by atoms with Crippen LogP contribution in [0.25, 0.3) is 0 Å². The molecule has 1 heterocycles. The number of anilines is 2. The van der Waals surface area contributed by atoms with Crippen molar-refractivity contribution in [1.82, 2.24) is 9.62 Å². The van der Waals surface area contributed by atoms with Crippen LogP contribution in [0.1, 0.15) is 40.0 Å². The van der Waals surface area contributed by atoms with E-state index in [0.29, 0.717) is 31.7 Å². The van der Waals surface area contributed by atoms with Gasteiger partial charge in [-0.2, -0.15) is 4.31 Å². The zero-order valence-corrected chi connectivity index (χ0v) is 16.7. The van der Waals surface area contributed by atoms with Crippen LogP contribution in [0.3, 0.4) is 0 Å². The van der Waals surface area contributed by atoms with Crippen LogP contribution in [0, 0.1) is 0 Å². The Balaban J connectivity index is 2.25. The first-order valence-electron chi connectivity index (χ1n) is 9.33. The van der Waals surface area contributed by atoms with Crippen molar-refractivity contribution in [2.75, 3.05) is 36.8 Å². The monoisotopic (exact) mass is 382 g/mol. The smallest absolute Gasteiger partial charge is 0.243 e. The first-order valence-corrected chi connectivity index (χ1v) is 10.8. The molecule has 146 valence electrons. The molecule has 0 aliphatic carbocycles. The Hall–Kier alpha value is -1.64. The molecule has 1 unspecified atom stereocenters. The van der Waals surface area contributed by atoms with Gasteiger partial charge in [-0.15, -0.1) is 0 Å². The van der Waals surface area contributed by atoms with Gasteiger partial charge in [0.15, 0.2) is 0 Å². The van der Waals surface area contributed by atoms with Gasteiger partial charge < -0.3 is 16.0 Å². The number of carbonyl (C=O) groups is 1. The first-order chi connectivity index (χ1) is 12.4. The molecule has 0 aromatic heterocycles. The minimum absolute atomic E-state index is 0.110. The van der Waals surface area contributed by atoms with Crippen LogP contribution in [0.5, 0.6) is 0 Å². The molecule has 7 nitrogen and oxygen atoms in total. The van der Waals surface area contributed by atoms with Gasteiger partial charge in [0.2, 0.25) is 15.9 Å². The zero-order valence-electron chi connectivity index (χ0n) is 15.8. The van der Waals surface area contributed by atoms with Crippen LogP contribution in [-0.2, 0) is 14.8 Å². The fraction of sp³-hybridized carbons (Fsp3) is 0.611. The van der Waals surface area contributed by atoms with Crippen LogP contribution < -0.4 is 16.0 Å². The lowest BCUT2D eigenvalue weighted by Crippen LogP contribution is -2.31. The van der Waals surface area contributed by atoms with Crippen LogP contribution in [0.15, 0.2) is 23.1 Å². The van der Waals surface area contributed by atoms with Crippen LogP contribution in [0.2, 0.25) is 0 Å². The molecule has 1 atom stereocenters. The van der Waals surface area contributed by atoms with E-state index < -0.39 is 10.0 Å². The van der Waals surface area contributed by atoms with Crippen molar-refractivity contribution in [3.63, 3.8) is 0 Å². The molecule has 1 amide bonds. The van der Waals surface area contributed by atoms with Crippen molar-refractivity contribution in [2.45, 2.75) is 51.0 Å². The fourth-order valence-electron chi connectivity index (χ4n) is 3.20. The second kappa shape index (κ2) is 9.34. The quantitative estimate of drug-likeness (QED) is 0.609. The van der Waals surface area contributed by atoms with Gasteiger partial charge in [-0.3, -0.25) is 4.79 Å². The fourth-order valence-corrected chi connectivity index (χ4v) is 4.69. The highest BCUT2D eigenvalue weighted by Gasteiger charge is 2.23. The Morgan fingerprint density at radius 1 is 1.23 bits per heavy atom. The lowest BCUT2D eigenvalue weighted by atomic mass is 10.1. The molecule has 0 radical (unpaired) electrons. The lowest BCUT2D eigenvalue weighted by molar-refractivity contribution is -0.116. The Bertz CT molecular complexity index is 711. The third-order valence-corrected chi connectivity index (χ3v) is 6.62. The third kappa shape index (κ3) is 4.96. The summed E-state index contributed by atoms with van der Waals surface area (Å²) in [5.74, 6) is -0.110. The van der Waals surface area contributed by atoms with Gasteiger partial charge in [0, 0.05) is 32.1 Å². The molecule has 8 heteroatoms. The van der Waals surface area contributed by atoms with E-state index in [9.17, 15) is 13.2 Å². The number of hydrogen-bond acceptors (Lipinski definition) is 5. The molecule has 1 aliphatic rings. The predicted octanol–water partition coefficient (Wildman–Crippen LogP) is 2.23. The summed E-state index contributed by atoms with van der Waals surface area (Å²) in [7, 11) is -3.57. The Labute approximate surface area is 156 Å². The average molecular weight is 383 g/mol. The number of nitrogens with one attached hydrogen (secondary N) is 3. The molecule has 26 heavy (non-hydrogen) atoms. The minimum atomic E-state index is -3.57. The third-order valence-electron chi connectivity index (χ3n) is 4.57. The van der Waals surface area contributed by atoms with Gasteiger partial charge in [0.25, 0.3) is 0 Å². The van der Waals surface area contributed by atoms with E-state index in [-0.39, 0.29) is 16.8 Å². The Kier molecular flexibility index (Phi) is 7.43. The summed E-state index contributed by atoms with van der Waals surface area (Å²) in [6.07, 6.45) is 2.46. The summed E-state index contributed by atoms with van der Waals surface area (Å²) in [5.41, 5.74) is 1.22. The van der Waals surface area contributed by atoms with Gasteiger partial charge in [-0.05, 0) is 44.5 Å². The highest BCUT2D eigenvalue weighted by atomic mass is 32.2. The summed E-state index contributed by atoms with van der Waals surface area (Å²) < 4.78 is 26.9. The van der Waals surface area contributed by atoms with Gasteiger partial charge in [0.1, 0.15) is 0 Å². The van der Waals surface area contributed by atoms with Crippen LogP contribution >= 0.6 is 0 Å². The van der Waals surface area contributed by atoms with Crippen molar-refractivity contribution in [3.8, 4) is 0 Å². The number of carbonyl (C=O) groups excluding carboxylic acids is 1. The molecular formula is C18H30N4O3S. The molecule has 1 aromatic rings. The highest BCUT2D eigenvalue weighted by Crippen LogP contribution is 2.27. The zero-order chi connectivity index (χ0) is 19.2. The maximum atomic E-state index is 12.8. The van der Waals surface area contributed by atoms with Crippen molar-refractivity contribution in [1.29, 1.82) is 0 Å². The number of benzene rings is 1. The maximum Gasteiger partial charge on any atom is 0.243 e.